The summed E-state index contributed by atoms with van der Waals surface area (Å²) in [6, 6.07) is 9.79. The summed E-state index contributed by atoms with van der Waals surface area (Å²) in [6.45, 7) is 3.12. The summed E-state index contributed by atoms with van der Waals surface area (Å²) >= 11 is 0. The summed E-state index contributed by atoms with van der Waals surface area (Å²) < 4.78 is 73.7. The maximum atomic E-state index is 13.6. The molecule has 1 heterocycles. The molecule has 0 N–H and O–H groups in total. The molecule has 0 saturated carbocycles. The van der Waals surface area contributed by atoms with Crippen LogP contribution in [0.4, 0.5) is 13.2 Å². The standard InChI is InChI=1S/C22H22F3NO4S/c1-3-30-21(27)16-10-13-20(18-6-4-5-7-19(18)22(23,24)25)26(14-16)31(28,29)17-11-8-15(2)9-12-17/h4-12,20H,3,13-14H2,1-2H3/t20-/m0/s1. The summed E-state index contributed by atoms with van der Waals surface area (Å²) in [5.41, 5.74) is -0.135. The average Bonchev–Trinajstić information content (AvgIpc) is 2.73. The molecule has 3 rings (SSSR count). The molecule has 0 saturated heterocycles. The number of ether oxygens (including phenoxy) is 1. The molecule has 0 unspecified atom stereocenters. The molecule has 1 atom stereocenters. The Morgan fingerprint density at radius 1 is 1.13 bits per heavy atom. The molecule has 0 amide bonds. The lowest BCUT2D eigenvalue weighted by molar-refractivity contribution is -0.140. The van der Waals surface area contributed by atoms with E-state index in [0.29, 0.717) is 0 Å². The van der Waals surface area contributed by atoms with E-state index in [1.165, 1.54) is 36.4 Å². The van der Waals surface area contributed by atoms with Crippen LogP contribution < -0.4 is 0 Å². The van der Waals surface area contributed by atoms with E-state index in [9.17, 15) is 26.4 Å². The lowest BCUT2D eigenvalue weighted by atomic mass is 9.94. The van der Waals surface area contributed by atoms with E-state index in [0.717, 1.165) is 15.9 Å². The number of hydrogen-bond donors (Lipinski definition) is 0. The monoisotopic (exact) mass is 453 g/mol. The van der Waals surface area contributed by atoms with Crippen LogP contribution in [0.3, 0.4) is 0 Å². The number of alkyl halides is 3. The van der Waals surface area contributed by atoms with Crippen LogP contribution in [0.15, 0.2) is 65.1 Å². The number of nitrogens with zero attached hydrogens (tertiary/aromatic N) is 1. The minimum absolute atomic E-state index is 0.0577. The Kier molecular flexibility index (Phi) is 6.56. The lowest BCUT2D eigenvalue weighted by Crippen LogP contribution is -2.40. The van der Waals surface area contributed by atoms with Gasteiger partial charge in [0.1, 0.15) is 0 Å². The number of benzene rings is 2. The zero-order valence-corrected chi connectivity index (χ0v) is 17.8. The third kappa shape index (κ3) is 4.83. The molecule has 9 heteroatoms. The second kappa shape index (κ2) is 8.84. The molecule has 0 spiro atoms. The van der Waals surface area contributed by atoms with Crippen molar-refractivity contribution >= 4 is 16.0 Å². The zero-order chi connectivity index (χ0) is 22.8. The van der Waals surface area contributed by atoms with Gasteiger partial charge in [0, 0.05) is 12.1 Å². The van der Waals surface area contributed by atoms with E-state index in [1.807, 2.05) is 0 Å². The molecule has 166 valence electrons. The van der Waals surface area contributed by atoms with Crippen molar-refractivity contribution in [2.24, 2.45) is 0 Å². The topological polar surface area (TPSA) is 63.7 Å². The van der Waals surface area contributed by atoms with Gasteiger partial charge in [-0.1, -0.05) is 42.0 Å². The molecule has 0 aliphatic carbocycles. The Morgan fingerprint density at radius 2 is 1.77 bits per heavy atom. The number of halogens is 3. The molecule has 0 bridgehead atoms. The first-order chi connectivity index (χ1) is 14.6. The highest BCUT2D eigenvalue weighted by atomic mass is 32.2. The third-order valence-corrected chi connectivity index (χ3v) is 6.92. The van der Waals surface area contributed by atoms with Crippen molar-refractivity contribution in [3.05, 3.63) is 76.9 Å². The van der Waals surface area contributed by atoms with Gasteiger partial charge in [0.05, 0.1) is 23.1 Å². The van der Waals surface area contributed by atoms with Crippen molar-refractivity contribution in [3.8, 4) is 0 Å². The van der Waals surface area contributed by atoms with Crippen molar-refractivity contribution in [1.29, 1.82) is 0 Å². The summed E-state index contributed by atoms with van der Waals surface area (Å²) in [4.78, 5) is 12.2. The number of carbonyl (C=O) groups excluding carboxylic acids is 1. The van der Waals surface area contributed by atoms with Crippen LogP contribution in [0, 0.1) is 6.92 Å². The highest BCUT2D eigenvalue weighted by molar-refractivity contribution is 7.89. The first kappa shape index (κ1) is 23.0. The fraction of sp³-hybridized carbons (Fsp3) is 0.318. The summed E-state index contributed by atoms with van der Waals surface area (Å²) in [5, 5.41) is 0. The van der Waals surface area contributed by atoms with Gasteiger partial charge in [0.25, 0.3) is 0 Å². The predicted molar refractivity (Wildman–Crippen MR) is 109 cm³/mol. The van der Waals surface area contributed by atoms with Crippen LogP contribution in [0.1, 0.15) is 36.1 Å². The number of carbonyl (C=O) groups is 1. The SMILES string of the molecule is CCOC(=O)C1=CC[C@@H](c2ccccc2C(F)(F)F)N(S(=O)(=O)c2ccc(C)cc2)C1. The van der Waals surface area contributed by atoms with Crippen LogP contribution in [-0.4, -0.2) is 31.8 Å². The Hall–Kier alpha value is -2.65. The largest absolute Gasteiger partial charge is 0.463 e. The zero-order valence-electron chi connectivity index (χ0n) is 17.0. The van der Waals surface area contributed by atoms with Gasteiger partial charge in [0.15, 0.2) is 0 Å². The van der Waals surface area contributed by atoms with Crippen LogP contribution in [0.25, 0.3) is 0 Å². The van der Waals surface area contributed by atoms with Gasteiger partial charge in [-0.2, -0.15) is 17.5 Å². The molecule has 5 nitrogen and oxygen atoms in total. The van der Waals surface area contributed by atoms with E-state index >= 15 is 0 Å². The first-order valence-electron chi connectivity index (χ1n) is 9.66. The first-order valence-corrected chi connectivity index (χ1v) is 11.1. The molecule has 1 aliphatic rings. The summed E-state index contributed by atoms with van der Waals surface area (Å²) in [6.07, 6.45) is -3.29. The van der Waals surface area contributed by atoms with E-state index in [-0.39, 0.29) is 35.6 Å². The molecule has 0 radical (unpaired) electrons. The summed E-state index contributed by atoms with van der Waals surface area (Å²) in [7, 11) is -4.20. The van der Waals surface area contributed by atoms with E-state index in [2.05, 4.69) is 0 Å². The van der Waals surface area contributed by atoms with Gasteiger partial charge >= 0.3 is 12.1 Å². The lowest BCUT2D eigenvalue weighted by Gasteiger charge is -2.35. The van der Waals surface area contributed by atoms with Gasteiger partial charge in [-0.3, -0.25) is 0 Å². The molecule has 0 fully saturated rings. The smallest absolute Gasteiger partial charge is 0.416 e. The summed E-state index contributed by atoms with van der Waals surface area (Å²) in [5.74, 6) is -0.686. The van der Waals surface area contributed by atoms with E-state index in [1.54, 1.807) is 26.0 Å². The Bertz CT molecular complexity index is 1090. The normalized spacial score (nSPS) is 17.8. The van der Waals surface area contributed by atoms with Crippen molar-refractivity contribution in [3.63, 3.8) is 0 Å². The van der Waals surface area contributed by atoms with E-state index < -0.39 is 33.8 Å². The van der Waals surface area contributed by atoms with Crippen molar-refractivity contribution in [2.45, 2.75) is 37.4 Å². The highest BCUT2D eigenvalue weighted by Crippen LogP contribution is 2.41. The number of esters is 1. The van der Waals surface area contributed by atoms with Crippen LogP contribution in [-0.2, 0) is 25.7 Å². The molecule has 2 aromatic carbocycles. The fourth-order valence-corrected chi connectivity index (χ4v) is 5.11. The molecule has 0 aromatic heterocycles. The van der Waals surface area contributed by atoms with Crippen LogP contribution in [0.5, 0.6) is 0 Å². The average molecular weight is 453 g/mol. The second-order valence-corrected chi connectivity index (χ2v) is 9.04. The number of rotatable bonds is 5. The molecule has 31 heavy (non-hydrogen) atoms. The molecule has 2 aromatic rings. The molecular weight excluding hydrogens is 431 g/mol. The second-order valence-electron chi connectivity index (χ2n) is 7.15. The van der Waals surface area contributed by atoms with Crippen molar-refractivity contribution in [2.75, 3.05) is 13.2 Å². The van der Waals surface area contributed by atoms with Gasteiger partial charge < -0.3 is 4.74 Å². The predicted octanol–water partition coefficient (Wildman–Crippen LogP) is 4.64. The highest BCUT2D eigenvalue weighted by Gasteiger charge is 2.41. The van der Waals surface area contributed by atoms with Crippen molar-refractivity contribution < 1.29 is 31.1 Å². The van der Waals surface area contributed by atoms with Gasteiger partial charge in [-0.05, 0) is 44.0 Å². The van der Waals surface area contributed by atoms with Crippen LogP contribution >= 0.6 is 0 Å². The minimum atomic E-state index is -4.65. The maximum absolute atomic E-state index is 13.6. The Balaban J connectivity index is 2.13. The molecular formula is C22H22F3NO4S. The van der Waals surface area contributed by atoms with Gasteiger partial charge in [0.2, 0.25) is 10.0 Å². The third-order valence-electron chi connectivity index (χ3n) is 5.05. The van der Waals surface area contributed by atoms with E-state index in [4.69, 9.17) is 4.74 Å². The molecule has 1 aliphatic heterocycles. The van der Waals surface area contributed by atoms with Crippen molar-refractivity contribution in [1.82, 2.24) is 4.31 Å². The fourth-order valence-electron chi connectivity index (χ4n) is 3.51. The number of sulfonamides is 1. The number of aryl methyl sites for hydroxylation is 1. The Morgan fingerprint density at radius 3 is 2.39 bits per heavy atom. The maximum Gasteiger partial charge on any atom is 0.416 e. The number of hydrogen-bond acceptors (Lipinski definition) is 4. The van der Waals surface area contributed by atoms with Crippen LogP contribution in [0.2, 0.25) is 0 Å². The quantitative estimate of drug-likeness (QED) is 0.619. The Labute approximate surface area is 179 Å². The minimum Gasteiger partial charge on any atom is -0.463 e. The van der Waals surface area contributed by atoms with Gasteiger partial charge in [-0.15, -0.1) is 0 Å². The van der Waals surface area contributed by atoms with Gasteiger partial charge in [-0.25, -0.2) is 13.2 Å².